The Morgan fingerprint density at radius 1 is 1.06 bits per heavy atom. The van der Waals surface area contributed by atoms with Crippen LogP contribution in [0.3, 0.4) is 0 Å². The normalized spacial score (nSPS) is 11.0. The average molecular weight is 498 g/mol. The Morgan fingerprint density at radius 2 is 1.73 bits per heavy atom. The fourth-order valence-electron chi connectivity index (χ4n) is 2.88. The van der Waals surface area contributed by atoms with Crippen LogP contribution < -0.4 is 16.4 Å². The molecular formula is C23H29Cl2N3O5. The van der Waals surface area contributed by atoms with Crippen LogP contribution in [0, 0.1) is 0 Å². The Kier molecular flexibility index (Phi) is 12.9. The van der Waals surface area contributed by atoms with E-state index in [4.69, 9.17) is 22.1 Å². The zero-order valence-corrected chi connectivity index (χ0v) is 19.9. The zero-order valence-electron chi connectivity index (χ0n) is 18.3. The molecule has 2 aromatic rings. The maximum absolute atomic E-state index is 12.4. The highest BCUT2D eigenvalue weighted by Crippen LogP contribution is 2.18. The number of halogens is 2. The van der Waals surface area contributed by atoms with Gasteiger partial charge in [0.05, 0.1) is 13.2 Å². The van der Waals surface area contributed by atoms with Gasteiger partial charge in [-0.15, -0.1) is 12.4 Å². The number of esters is 1. The topological polar surface area (TPSA) is 120 Å². The molecule has 0 aliphatic carbocycles. The summed E-state index contributed by atoms with van der Waals surface area (Å²) in [4.78, 5) is 35.6. The Bertz CT molecular complexity index is 926. The Balaban J connectivity index is 0.00000544. The van der Waals surface area contributed by atoms with Crippen molar-refractivity contribution in [1.82, 2.24) is 5.32 Å². The highest BCUT2D eigenvalue weighted by atomic mass is 35.5. The summed E-state index contributed by atoms with van der Waals surface area (Å²) in [5, 5.41) is 5.96. The SMILES string of the molecule is COC(=O)CCc1ccccc1NC(=O)[C@@H](N)CCCNC(=O)OCc1ccccc1Cl.Cl. The average Bonchev–Trinajstić information content (AvgIpc) is 2.80. The van der Waals surface area contributed by atoms with Crippen LogP contribution >= 0.6 is 24.0 Å². The van der Waals surface area contributed by atoms with Gasteiger partial charge >= 0.3 is 12.1 Å². The number of methoxy groups -OCH3 is 1. The lowest BCUT2D eigenvalue weighted by molar-refractivity contribution is -0.140. The Morgan fingerprint density at radius 3 is 2.42 bits per heavy atom. The first-order valence-electron chi connectivity index (χ1n) is 10.3. The molecule has 0 unspecified atom stereocenters. The molecule has 0 aliphatic rings. The van der Waals surface area contributed by atoms with Crippen LogP contribution in [-0.2, 0) is 32.1 Å². The molecule has 0 heterocycles. The van der Waals surface area contributed by atoms with E-state index in [1.807, 2.05) is 18.2 Å². The summed E-state index contributed by atoms with van der Waals surface area (Å²) >= 11 is 6.02. The van der Waals surface area contributed by atoms with Crippen LogP contribution in [-0.4, -0.2) is 37.7 Å². The molecule has 0 fully saturated rings. The number of nitrogens with two attached hydrogens (primary N) is 1. The van der Waals surface area contributed by atoms with Crippen LogP contribution in [0.25, 0.3) is 0 Å². The summed E-state index contributed by atoms with van der Waals surface area (Å²) in [6.07, 6.45) is 0.968. The number of anilines is 1. The number of ether oxygens (including phenoxy) is 2. The summed E-state index contributed by atoms with van der Waals surface area (Å²) in [5.74, 6) is -0.655. The molecule has 8 nitrogen and oxygen atoms in total. The van der Waals surface area contributed by atoms with E-state index in [0.717, 1.165) is 11.1 Å². The van der Waals surface area contributed by atoms with E-state index in [1.54, 1.807) is 30.3 Å². The minimum atomic E-state index is -0.746. The fourth-order valence-corrected chi connectivity index (χ4v) is 3.07. The first kappa shape index (κ1) is 28.2. The second-order valence-corrected chi connectivity index (χ2v) is 7.47. The van der Waals surface area contributed by atoms with Gasteiger partial charge in [-0.1, -0.05) is 48.0 Å². The van der Waals surface area contributed by atoms with Crippen molar-refractivity contribution in [2.45, 2.75) is 38.3 Å². The highest BCUT2D eigenvalue weighted by molar-refractivity contribution is 6.31. The predicted molar refractivity (Wildman–Crippen MR) is 130 cm³/mol. The van der Waals surface area contributed by atoms with E-state index in [1.165, 1.54) is 7.11 Å². The monoisotopic (exact) mass is 497 g/mol. The minimum absolute atomic E-state index is 0. The quantitative estimate of drug-likeness (QED) is 0.320. The van der Waals surface area contributed by atoms with Gasteiger partial charge in [0.1, 0.15) is 6.61 Å². The van der Waals surface area contributed by atoms with Gasteiger partial charge in [0.25, 0.3) is 0 Å². The number of amides is 2. The van der Waals surface area contributed by atoms with Crippen LogP contribution in [0.2, 0.25) is 5.02 Å². The smallest absolute Gasteiger partial charge is 0.407 e. The summed E-state index contributed by atoms with van der Waals surface area (Å²) < 4.78 is 9.78. The molecule has 0 radical (unpaired) electrons. The maximum Gasteiger partial charge on any atom is 0.407 e. The van der Waals surface area contributed by atoms with Crippen LogP contribution in [0.1, 0.15) is 30.4 Å². The summed E-state index contributed by atoms with van der Waals surface area (Å²) in [6.45, 7) is 0.390. The molecule has 2 rings (SSSR count). The van der Waals surface area contributed by atoms with Crippen molar-refractivity contribution in [1.29, 1.82) is 0 Å². The first-order chi connectivity index (χ1) is 15.4. The van der Waals surface area contributed by atoms with Crippen molar-refractivity contribution in [2.75, 3.05) is 19.0 Å². The molecule has 0 saturated carbocycles. The largest absolute Gasteiger partial charge is 0.469 e. The number of hydrogen-bond donors (Lipinski definition) is 3. The number of nitrogens with one attached hydrogen (secondary N) is 2. The second kappa shape index (κ2) is 15.1. The maximum atomic E-state index is 12.4. The summed E-state index contributed by atoms with van der Waals surface area (Å²) in [6, 6.07) is 13.6. The third kappa shape index (κ3) is 10.1. The van der Waals surface area contributed by atoms with Gasteiger partial charge in [-0.3, -0.25) is 9.59 Å². The van der Waals surface area contributed by atoms with E-state index in [9.17, 15) is 14.4 Å². The number of aryl methyl sites for hydroxylation is 1. The number of benzene rings is 2. The standard InChI is InChI=1S/C23H28ClN3O5.ClH/c1-31-21(28)13-12-16-7-3-5-11-20(16)27-22(29)19(25)10-6-14-26-23(30)32-15-17-8-2-4-9-18(17)24;/h2-5,7-9,11,19H,6,10,12-15,25H2,1H3,(H,26,30)(H,27,29);1H/t19-;/m0./s1. The van der Waals surface area contributed by atoms with Gasteiger partial charge in [-0.2, -0.15) is 0 Å². The van der Waals surface area contributed by atoms with E-state index in [-0.39, 0.29) is 37.3 Å². The molecule has 0 aromatic heterocycles. The van der Waals surface area contributed by atoms with Crippen molar-refractivity contribution in [3.05, 3.63) is 64.7 Å². The lowest BCUT2D eigenvalue weighted by Gasteiger charge is -2.15. The van der Waals surface area contributed by atoms with E-state index in [2.05, 4.69) is 15.4 Å². The van der Waals surface area contributed by atoms with Gasteiger partial charge in [0.15, 0.2) is 0 Å². The third-order valence-electron chi connectivity index (χ3n) is 4.72. The van der Waals surface area contributed by atoms with E-state index >= 15 is 0 Å². The predicted octanol–water partition coefficient (Wildman–Crippen LogP) is 3.84. The minimum Gasteiger partial charge on any atom is -0.469 e. The fraction of sp³-hybridized carbons (Fsp3) is 0.348. The van der Waals surface area contributed by atoms with Gasteiger partial charge in [0, 0.05) is 29.2 Å². The molecule has 2 aromatic carbocycles. The number of carbonyl (C=O) groups excluding carboxylic acids is 3. The third-order valence-corrected chi connectivity index (χ3v) is 5.08. The molecule has 0 spiro atoms. The Hall–Kier alpha value is -2.81. The van der Waals surface area contributed by atoms with Crippen LogP contribution in [0.5, 0.6) is 0 Å². The van der Waals surface area contributed by atoms with Crippen molar-refractivity contribution in [2.24, 2.45) is 5.73 Å². The molecule has 4 N–H and O–H groups in total. The van der Waals surface area contributed by atoms with Crippen LogP contribution in [0.15, 0.2) is 48.5 Å². The lowest BCUT2D eigenvalue weighted by atomic mass is 10.1. The van der Waals surface area contributed by atoms with Gasteiger partial charge in [-0.05, 0) is 37.0 Å². The molecule has 2 amide bonds. The highest BCUT2D eigenvalue weighted by Gasteiger charge is 2.15. The molecule has 0 aliphatic heterocycles. The van der Waals surface area contributed by atoms with Crippen molar-refractivity contribution in [3.63, 3.8) is 0 Å². The molecule has 0 saturated heterocycles. The summed E-state index contributed by atoms with van der Waals surface area (Å²) in [5.41, 5.74) is 8.13. The number of alkyl carbamates (subject to hydrolysis) is 1. The van der Waals surface area contributed by atoms with Crippen molar-refractivity contribution in [3.8, 4) is 0 Å². The first-order valence-corrected chi connectivity index (χ1v) is 10.6. The molecule has 10 heteroatoms. The number of para-hydroxylation sites is 1. The number of hydrogen-bond acceptors (Lipinski definition) is 6. The zero-order chi connectivity index (χ0) is 23.3. The van der Waals surface area contributed by atoms with Gasteiger partial charge in [-0.25, -0.2) is 4.79 Å². The molecule has 1 atom stereocenters. The van der Waals surface area contributed by atoms with Gasteiger partial charge < -0.3 is 25.8 Å². The van der Waals surface area contributed by atoms with Crippen LogP contribution in [0.4, 0.5) is 10.5 Å². The van der Waals surface area contributed by atoms with Crippen molar-refractivity contribution < 1.29 is 23.9 Å². The second-order valence-electron chi connectivity index (χ2n) is 7.07. The molecule has 0 bridgehead atoms. The Labute approximate surface area is 204 Å². The molecule has 180 valence electrons. The molecular weight excluding hydrogens is 469 g/mol. The number of carbonyl (C=O) groups is 3. The van der Waals surface area contributed by atoms with E-state index in [0.29, 0.717) is 36.5 Å². The summed E-state index contributed by atoms with van der Waals surface area (Å²) in [7, 11) is 1.34. The van der Waals surface area contributed by atoms with Gasteiger partial charge in [0.2, 0.25) is 5.91 Å². The lowest BCUT2D eigenvalue weighted by Crippen LogP contribution is -2.36. The van der Waals surface area contributed by atoms with E-state index < -0.39 is 12.1 Å². The molecule has 33 heavy (non-hydrogen) atoms. The number of rotatable bonds is 11. The van der Waals surface area contributed by atoms with Crippen molar-refractivity contribution >= 4 is 47.7 Å².